The molecule has 0 saturated heterocycles. The SMILES string of the molecule is CCCOC(=O)c1ccccc1N1C(=O)C(Sc2nc(C)cc(C)n2)=C(N(CC)c2cccc(C)c2)C1=O. The minimum Gasteiger partial charge on any atom is -0.462 e. The number of anilines is 2. The Morgan fingerprint density at radius 3 is 2.32 bits per heavy atom. The molecule has 0 unspecified atom stereocenters. The number of hydrogen-bond donors (Lipinski definition) is 0. The molecular weight excluding hydrogens is 500 g/mol. The van der Waals surface area contributed by atoms with Gasteiger partial charge in [0.15, 0.2) is 5.16 Å². The molecule has 1 aromatic heterocycles. The van der Waals surface area contributed by atoms with E-state index >= 15 is 0 Å². The predicted molar refractivity (Wildman–Crippen MR) is 148 cm³/mol. The number of amides is 2. The predicted octanol–water partition coefficient (Wildman–Crippen LogP) is 5.37. The summed E-state index contributed by atoms with van der Waals surface area (Å²) < 4.78 is 5.34. The molecule has 38 heavy (non-hydrogen) atoms. The maximum atomic E-state index is 14.1. The van der Waals surface area contributed by atoms with Crippen molar-refractivity contribution < 1.29 is 19.1 Å². The summed E-state index contributed by atoms with van der Waals surface area (Å²) in [5.41, 5.74) is 3.85. The summed E-state index contributed by atoms with van der Waals surface area (Å²) >= 11 is 1.06. The van der Waals surface area contributed by atoms with Gasteiger partial charge < -0.3 is 9.64 Å². The third kappa shape index (κ3) is 5.47. The molecular formula is C29H30N4O4S. The van der Waals surface area contributed by atoms with Crippen molar-refractivity contribution in [2.75, 3.05) is 23.0 Å². The number of carbonyl (C=O) groups is 3. The lowest BCUT2D eigenvalue weighted by Gasteiger charge is -2.25. The molecule has 4 rings (SSSR count). The van der Waals surface area contributed by atoms with Crippen LogP contribution in [0.25, 0.3) is 0 Å². The molecule has 2 amide bonds. The van der Waals surface area contributed by atoms with E-state index in [0.717, 1.165) is 39.3 Å². The second-order valence-electron chi connectivity index (χ2n) is 8.90. The molecule has 0 saturated carbocycles. The number of carbonyl (C=O) groups excluding carboxylic acids is 3. The quantitative estimate of drug-likeness (QED) is 0.207. The van der Waals surface area contributed by atoms with Gasteiger partial charge >= 0.3 is 5.97 Å². The number of nitrogens with zero attached hydrogens (tertiary/aromatic N) is 4. The van der Waals surface area contributed by atoms with Crippen molar-refractivity contribution in [2.45, 2.75) is 46.2 Å². The first-order valence-corrected chi connectivity index (χ1v) is 13.3. The van der Waals surface area contributed by atoms with Crippen molar-refractivity contribution in [3.05, 3.63) is 87.7 Å². The molecule has 1 aliphatic rings. The minimum absolute atomic E-state index is 0.148. The Morgan fingerprint density at radius 2 is 1.66 bits per heavy atom. The molecule has 196 valence electrons. The second kappa shape index (κ2) is 11.6. The Balaban J connectivity index is 1.85. The van der Waals surface area contributed by atoms with Crippen molar-refractivity contribution in [1.82, 2.24) is 9.97 Å². The van der Waals surface area contributed by atoms with Crippen molar-refractivity contribution in [3.63, 3.8) is 0 Å². The van der Waals surface area contributed by atoms with E-state index in [2.05, 4.69) is 9.97 Å². The monoisotopic (exact) mass is 530 g/mol. The van der Waals surface area contributed by atoms with Crippen LogP contribution in [0.1, 0.15) is 47.6 Å². The van der Waals surface area contributed by atoms with Crippen molar-refractivity contribution in [1.29, 1.82) is 0 Å². The number of esters is 1. The number of hydrogen-bond acceptors (Lipinski definition) is 8. The van der Waals surface area contributed by atoms with E-state index in [4.69, 9.17) is 4.74 Å². The minimum atomic E-state index is -0.589. The Labute approximate surface area is 226 Å². The summed E-state index contributed by atoms with van der Waals surface area (Å²) in [4.78, 5) is 53.0. The van der Waals surface area contributed by atoms with E-state index in [1.807, 2.05) is 69.9 Å². The van der Waals surface area contributed by atoms with E-state index in [9.17, 15) is 14.4 Å². The van der Waals surface area contributed by atoms with Crippen LogP contribution in [-0.4, -0.2) is 40.9 Å². The van der Waals surface area contributed by atoms with Crippen molar-refractivity contribution in [2.24, 2.45) is 0 Å². The molecule has 0 spiro atoms. The zero-order valence-corrected chi connectivity index (χ0v) is 23.0. The summed E-state index contributed by atoms with van der Waals surface area (Å²) in [6.45, 7) is 10.2. The number of thioether (sulfide) groups is 1. The van der Waals surface area contributed by atoms with Crippen LogP contribution in [0, 0.1) is 20.8 Å². The molecule has 0 N–H and O–H groups in total. The molecule has 0 radical (unpaired) electrons. The standard InChI is InChI=1S/C29H30N4O4S/c1-6-15-37-28(36)22-13-8-9-14-23(22)33-26(34)24(32(7-2)21-12-10-11-18(3)16-21)25(27(33)35)38-29-30-19(4)17-20(5)31-29/h8-14,16-17H,6-7,15H2,1-5H3. The van der Waals surface area contributed by atoms with Crippen LogP contribution in [0.2, 0.25) is 0 Å². The average molecular weight is 531 g/mol. The number of para-hydroxylation sites is 1. The number of benzene rings is 2. The van der Waals surface area contributed by atoms with E-state index in [0.29, 0.717) is 18.1 Å². The first-order valence-electron chi connectivity index (χ1n) is 12.5. The second-order valence-corrected chi connectivity index (χ2v) is 9.87. The van der Waals surface area contributed by atoms with Crippen LogP contribution >= 0.6 is 11.8 Å². The van der Waals surface area contributed by atoms with Gasteiger partial charge in [-0.2, -0.15) is 0 Å². The van der Waals surface area contributed by atoms with Crippen molar-refractivity contribution >= 4 is 40.9 Å². The molecule has 0 aliphatic carbocycles. The molecule has 0 atom stereocenters. The highest BCUT2D eigenvalue weighted by atomic mass is 32.2. The summed E-state index contributed by atoms with van der Waals surface area (Å²) in [6, 6.07) is 16.1. The molecule has 2 heterocycles. The van der Waals surface area contributed by atoms with Gasteiger partial charge in [-0.25, -0.2) is 19.7 Å². The Bertz CT molecular complexity index is 1420. The Hall–Kier alpha value is -3.98. The molecule has 9 heteroatoms. The maximum Gasteiger partial charge on any atom is 0.340 e. The number of rotatable bonds is 9. The molecule has 8 nitrogen and oxygen atoms in total. The van der Waals surface area contributed by atoms with Crippen LogP contribution < -0.4 is 9.80 Å². The largest absolute Gasteiger partial charge is 0.462 e. The van der Waals surface area contributed by atoms with Gasteiger partial charge in [-0.15, -0.1) is 0 Å². The van der Waals surface area contributed by atoms with Gasteiger partial charge in [-0.3, -0.25) is 9.59 Å². The fourth-order valence-electron chi connectivity index (χ4n) is 4.26. The smallest absolute Gasteiger partial charge is 0.340 e. The number of likely N-dealkylation sites (N-methyl/N-ethyl adjacent to an activating group) is 1. The highest BCUT2D eigenvalue weighted by Gasteiger charge is 2.44. The summed E-state index contributed by atoms with van der Waals surface area (Å²) in [7, 11) is 0. The topological polar surface area (TPSA) is 92.7 Å². The Kier molecular flexibility index (Phi) is 8.26. The third-order valence-corrected chi connectivity index (χ3v) is 6.81. The number of ether oxygens (including phenoxy) is 1. The first-order chi connectivity index (χ1) is 18.2. The first kappa shape index (κ1) is 27.1. The van der Waals surface area contributed by atoms with Gasteiger partial charge in [0.05, 0.1) is 17.9 Å². The van der Waals surface area contributed by atoms with Gasteiger partial charge in [-0.05, 0) is 81.8 Å². The normalized spacial score (nSPS) is 13.3. The van der Waals surface area contributed by atoms with Crippen LogP contribution in [0.15, 0.2) is 70.4 Å². The average Bonchev–Trinajstić information content (AvgIpc) is 3.11. The highest BCUT2D eigenvalue weighted by molar-refractivity contribution is 8.04. The highest BCUT2D eigenvalue weighted by Crippen LogP contribution is 2.40. The molecule has 0 bridgehead atoms. The van der Waals surface area contributed by atoms with Gasteiger partial charge in [0.2, 0.25) is 0 Å². The van der Waals surface area contributed by atoms with E-state index in [1.54, 1.807) is 24.3 Å². The van der Waals surface area contributed by atoms with Crippen LogP contribution in [-0.2, 0) is 14.3 Å². The summed E-state index contributed by atoms with van der Waals surface area (Å²) in [5.74, 6) is -1.66. The van der Waals surface area contributed by atoms with Gasteiger partial charge in [-0.1, -0.05) is 31.2 Å². The fraction of sp³-hybridized carbons (Fsp3) is 0.276. The lowest BCUT2D eigenvalue weighted by molar-refractivity contribution is -0.120. The number of aryl methyl sites for hydroxylation is 3. The summed E-state index contributed by atoms with van der Waals surface area (Å²) in [6.07, 6.45) is 0.653. The van der Waals surface area contributed by atoms with Crippen LogP contribution in [0.3, 0.4) is 0 Å². The van der Waals surface area contributed by atoms with Crippen LogP contribution in [0.5, 0.6) is 0 Å². The lowest BCUT2D eigenvalue weighted by Crippen LogP contribution is -2.36. The summed E-state index contributed by atoms with van der Waals surface area (Å²) in [5, 5.41) is 0.369. The van der Waals surface area contributed by atoms with E-state index in [1.165, 1.54) is 0 Å². The molecule has 0 fully saturated rings. The maximum absolute atomic E-state index is 14.1. The van der Waals surface area contributed by atoms with Crippen molar-refractivity contribution in [3.8, 4) is 0 Å². The van der Waals surface area contributed by atoms with E-state index in [-0.39, 0.29) is 28.5 Å². The molecule has 2 aromatic carbocycles. The van der Waals surface area contributed by atoms with Gasteiger partial charge in [0.25, 0.3) is 11.8 Å². The fourth-order valence-corrected chi connectivity index (χ4v) is 5.29. The lowest BCUT2D eigenvalue weighted by atomic mass is 10.1. The molecule has 1 aliphatic heterocycles. The van der Waals surface area contributed by atoms with Gasteiger partial charge in [0.1, 0.15) is 10.6 Å². The third-order valence-electron chi connectivity index (χ3n) is 5.87. The van der Waals surface area contributed by atoms with E-state index < -0.39 is 17.8 Å². The van der Waals surface area contributed by atoms with Crippen LogP contribution in [0.4, 0.5) is 11.4 Å². The number of imide groups is 1. The zero-order chi connectivity index (χ0) is 27.4. The number of aromatic nitrogens is 2. The van der Waals surface area contributed by atoms with Gasteiger partial charge in [0, 0.05) is 23.6 Å². The zero-order valence-electron chi connectivity index (χ0n) is 22.1. The Morgan fingerprint density at radius 1 is 0.947 bits per heavy atom. The molecule has 3 aromatic rings.